The summed E-state index contributed by atoms with van der Waals surface area (Å²) < 4.78 is 12.2. The van der Waals surface area contributed by atoms with E-state index in [4.69, 9.17) is 11.6 Å². The van der Waals surface area contributed by atoms with E-state index in [1.54, 1.807) is 12.1 Å². The molecule has 13 heavy (non-hydrogen) atoms. The van der Waals surface area contributed by atoms with Gasteiger partial charge in [0.2, 0.25) is 0 Å². The van der Waals surface area contributed by atoms with Crippen molar-refractivity contribution in [2.45, 2.75) is 0 Å². The molecule has 1 aromatic carbocycles. The van der Waals surface area contributed by atoms with Crippen molar-refractivity contribution in [3.8, 4) is 0 Å². The fourth-order valence-corrected chi connectivity index (χ4v) is 3.86. The molecule has 0 saturated heterocycles. The zero-order valence-electron chi connectivity index (χ0n) is 7.11. The van der Waals surface area contributed by atoms with Gasteiger partial charge in [0.15, 0.2) is 0 Å². The van der Waals surface area contributed by atoms with Gasteiger partial charge in [-0.1, -0.05) is 23.8 Å². The Morgan fingerprint density at radius 2 is 1.62 bits per heavy atom. The summed E-state index contributed by atoms with van der Waals surface area (Å²) in [6, 6.07) is 7.34. The van der Waals surface area contributed by atoms with Crippen molar-refractivity contribution in [3.63, 3.8) is 0 Å². The number of halogens is 1. The molecule has 0 N–H and O–H groups in total. The molecule has 2 rings (SSSR count). The molecule has 1 aliphatic heterocycles. The van der Waals surface area contributed by atoms with Crippen LogP contribution in [-0.2, 0) is 4.57 Å². The number of benzene rings is 1. The molecule has 0 bridgehead atoms. The summed E-state index contributed by atoms with van der Waals surface area (Å²) in [5, 5.41) is 1.64. The average molecular weight is 213 g/mol. The highest BCUT2D eigenvalue weighted by Crippen LogP contribution is 2.47. The first kappa shape index (κ1) is 9.05. The monoisotopic (exact) mass is 212 g/mol. The third-order valence-electron chi connectivity index (χ3n) is 2.26. The Morgan fingerprint density at radius 3 is 2.15 bits per heavy atom. The van der Waals surface area contributed by atoms with Gasteiger partial charge in [0.25, 0.3) is 0 Å². The summed E-state index contributed by atoms with van der Waals surface area (Å²) in [5.74, 6) is 0. The lowest BCUT2D eigenvalue weighted by atomic mass is 10.4. The molecule has 1 aromatic rings. The quantitative estimate of drug-likeness (QED) is 0.517. The van der Waals surface area contributed by atoms with E-state index in [1.165, 1.54) is 0 Å². The Hall–Kier alpha value is -0.520. The third-order valence-corrected chi connectivity index (χ3v) is 5.36. The minimum atomic E-state index is -2.11. The van der Waals surface area contributed by atoms with Crippen molar-refractivity contribution in [2.24, 2.45) is 0 Å². The maximum absolute atomic E-state index is 12.2. The van der Waals surface area contributed by atoms with Gasteiger partial charge in [0.05, 0.1) is 0 Å². The maximum atomic E-state index is 12.2. The van der Waals surface area contributed by atoms with Gasteiger partial charge in [-0.05, 0) is 24.3 Å². The Bertz CT molecular complexity index is 368. The number of allylic oxidation sites excluding steroid dienone is 2. The van der Waals surface area contributed by atoms with E-state index in [0.717, 1.165) is 5.30 Å². The minimum Gasteiger partial charge on any atom is -0.318 e. The summed E-state index contributed by atoms with van der Waals surface area (Å²) >= 11 is 5.76. The van der Waals surface area contributed by atoms with Gasteiger partial charge in [0, 0.05) is 22.7 Å². The number of rotatable bonds is 1. The molecule has 68 valence electrons. The van der Waals surface area contributed by atoms with Crippen molar-refractivity contribution in [2.75, 3.05) is 12.3 Å². The lowest BCUT2D eigenvalue weighted by molar-refractivity contribution is 0.585. The summed E-state index contributed by atoms with van der Waals surface area (Å²) in [4.78, 5) is 0. The van der Waals surface area contributed by atoms with Gasteiger partial charge in [-0.2, -0.15) is 0 Å². The van der Waals surface area contributed by atoms with E-state index < -0.39 is 7.14 Å². The summed E-state index contributed by atoms with van der Waals surface area (Å²) in [6.45, 7) is 0. The first-order valence-electron chi connectivity index (χ1n) is 4.20. The van der Waals surface area contributed by atoms with E-state index in [0.29, 0.717) is 17.3 Å². The van der Waals surface area contributed by atoms with Crippen LogP contribution in [0, 0.1) is 0 Å². The molecule has 0 saturated carbocycles. The first-order valence-corrected chi connectivity index (χ1v) is 6.65. The molecule has 0 aliphatic carbocycles. The van der Waals surface area contributed by atoms with Gasteiger partial charge in [-0.15, -0.1) is 0 Å². The molecule has 1 heterocycles. The predicted octanol–water partition coefficient (Wildman–Crippen LogP) is 2.90. The van der Waals surface area contributed by atoms with E-state index in [2.05, 4.69) is 0 Å². The van der Waals surface area contributed by atoms with Crippen LogP contribution >= 0.6 is 18.7 Å². The van der Waals surface area contributed by atoms with Crippen LogP contribution in [0.5, 0.6) is 0 Å². The SMILES string of the molecule is O=P1(c2ccc(Cl)cc2)CC=CC1. The van der Waals surface area contributed by atoms with Crippen molar-refractivity contribution >= 4 is 24.0 Å². The van der Waals surface area contributed by atoms with Crippen molar-refractivity contribution in [1.82, 2.24) is 0 Å². The van der Waals surface area contributed by atoms with E-state index in [1.807, 2.05) is 24.3 Å². The van der Waals surface area contributed by atoms with Crippen molar-refractivity contribution in [3.05, 3.63) is 41.4 Å². The molecule has 0 fully saturated rings. The van der Waals surface area contributed by atoms with E-state index >= 15 is 0 Å². The first-order chi connectivity index (χ1) is 6.21. The van der Waals surface area contributed by atoms with Crippen LogP contribution in [0.3, 0.4) is 0 Å². The van der Waals surface area contributed by atoms with Crippen LogP contribution in [0.4, 0.5) is 0 Å². The highest BCUT2D eigenvalue weighted by Gasteiger charge is 2.24. The van der Waals surface area contributed by atoms with E-state index in [9.17, 15) is 4.57 Å². The maximum Gasteiger partial charge on any atom is 0.122 e. The fraction of sp³-hybridized carbons (Fsp3) is 0.200. The van der Waals surface area contributed by atoms with Crippen LogP contribution in [0.1, 0.15) is 0 Å². The zero-order chi connectivity index (χ0) is 9.31. The Morgan fingerprint density at radius 1 is 1.08 bits per heavy atom. The highest BCUT2D eigenvalue weighted by molar-refractivity contribution is 7.72. The zero-order valence-corrected chi connectivity index (χ0v) is 8.76. The second-order valence-electron chi connectivity index (χ2n) is 3.20. The average Bonchev–Trinajstić information content (AvgIpc) is 2.54. The van der Waals surface area contributed by atoms with Gasteiger partial charge in [0.1, 0.15) is 7.14 Å². The molecule has 3 heteroatoms. The summed E-state index contributed by atoms with van der Waals surface area (Å²) in [7, 11) is -2.11. The van der Waals surface area contributed by atoms with Crippen molar-refractivity contribution < 1.29 is 4.57 Å². The second-order valence-corrected chi connectivity index (χ2v) is 6.66. The largest absolute Gasteiger partial charge is 0.318 e. The smallest absolute Gasteiger partial charge is 0.122 e. The van der Waals surface area contributed by atoms with Gasteiger partial charge >= 0.3 is 0 Å². The molecule has 1 aliphatic rings. The Labute approximate surface area is 82.8 Å². The Kier molecular flexibility index (Phi) is 2.31. The molecule has 1 nitrogen and oxygen atoms in total. The highest BCUT2D eigenvalue weighted by atomic mass is 35.5. The minimum absolute atomic E-state index is 0.697. The van der Waals surface area contributed by atoms with Crippen molar-refractivity contribution in [1.29, 1.82) is 0 Å². The summed E-state index contributed by atoms with van der Waals surface area (Å²) in [6.07, 6.45) is 5.40. The fourth-order valence-electron chi connectivity index (χ4n) is 1.49. The van der Waals surface area contributed by atoms with Gasteiger partial charge in [-0.25, -0.2) is 0 Å². The number of hydrogen-bond acceptors (Lipinski definition) is 1. The van der Waals surface area contributed by atoms with Gasteiger partial charge in [-0.3, -0.25) is 0 Å². The molecular weight excluding hydrogens is 203 g/mol. The number of hydrogen-bond donors (Lipinski definition) is 0. The molecule has 0 atom stereocenters. The molecular formula is C10H10ClOP. The van der Waals surface area contributed by atoms with Gasteiger partial charge < -0.3 is 4.57 Å². The molecule has 0 aromatic heterocycles. The lowest BCUT2D eigenvalue weighted by Crippen LogP contribution is -2.05. The van der Waals surface area contributed by atoms with E-state index in [-0.39, 0.29) is 0 Å². The van der Waals surface area contributed by atoms with Crippen LogP contribution in [0.15, 0.2) is 36.4 Å². The normalized spacial score (nSPS) is 19.2. The molecule has 0 radical (unpaired) electrons. The molecule has 0 unspecified atom stereocenters. The third kappa shape index (κ3) is 1.72. The predicted molar refractivity (Wildman–Crippen MR) is 57.6 cm³/mol. The molecule has 0 amide bonds. The second kappa shape index (κ2) is 3.32. The van der Waals surface area contributed by atoms with Crippen LogP contribution < -0.4 is 5.30 Å². The summed E-state index contributed by atoms with van der Waals surface area (Å²) in [5.41, 5.74) is 0. The van der Waals surface area contributed by atoms with Crippen LogP contribution in [0.25, 0.3) is 0 Å². The van der Waals surface area contributed by atoms with Crippen LogP contribution in [0.2, 0.25) is 5.02 Å². The lowest BCUT2D eigenvalue weighted by Gasteiger charge is -2.10. The Balaban J connectivity index is 2.36. The standard InChI is InChI=1S/C10H10ClOP/c11-9-3-5-10(6-4-9)13(12)7-1-2-8-13/h1-6H,7-8H2. The van der Waals surface area contributed by atoms with Crippen LogP contribution in [-0.4, -0.2) is 12.3 Å². The topological polar surface area (TPSA) is 17.1 Å². The molecule has 0 spiro atoms.